The fraction of sp³-hybridized carbons (Fsp3) is 0.182. The van der Waals surface area contributed by atoms with Gasteiger partial charge in [-0.05, 0) is 36.6 Å². The van der Waals surface area contributed by atoms with Gasteiger partial charge in [-0.15, -0.1) is 0 Å². The van der Waals surface area contributed by atoms with Crippen LogP contribution in [0.1, 0.15) is 27.3 Å². The summed E-state index contributed by atoms with van der Waals surface area (Å²) in [6, 6.07) is 15.9. The predicted molar refractivity (Wildman–Crippen MR) is 107 cm³/mol. The molecule has 1 aromatic carbocycles. The molecular formula is C22H21N5O. The standard InChI is InChI=1S/C22H21N5O/c1-17-20(27-13-6-12-24-22(27)25-17)21(28)26(16-19-9-5-11-23-15-19)14-10-18-7-3-2-4-8-18/h2-9,11-13,15H,10,14,16H2,1H3. The van der Waals surface area contributed by atoms with Crippen molar-refractivity contribution in [2.75, 3.05) is 6.54 Å². The molecule has 0 aliphatic carbocycles. The number of hydrogen-bond donors (Lipinski definition) is 0. The van der Waals surface area contributed by atoms with Gasteiger partial charge in [0.15, 0.2) is 0 Å². The van der Waals surface area contributed by atoms with E-state index in [2.05, 4.69) is 27.1 Å². The normalized spacial score (nSPS) is 10.9. The number of benzene rings is 1. The highest BCUT2D eigenvalue weighted by atomic mass is 16.2. The number of carbonyl (C=O) groups excluding carboxylic acids is 1. The molecular weight excluding hydrogens is 350 g/mol. The minimum atomic E-state index is -0.0576. The molecule has 0 radical (unpaired) electrons. The number of carbonyl (C=O) groups is 1. The quantitative estimate of drug-likeness (QED) is 0.522. The number of nitrogens with zero attached hydrogens (tertiary/aromatic N) is 5. The van der Waals surface area contributed by atoms with Crippen molar-refractivity contribution in [2.45, 2.75) is 19.9 Å². The first-order valence-electron chi connectivity index (χ1n) is 9.24. The van der Waals surface area contributed by atoms with Gasteiger partial charge in [-0.2, -0.15) is 0 Å². The van der Waals surface area contributed by atoms with Crippen LogP contribution in [0.15, 0.2) is 73.3 Å². The van der Waals surface area contributed by atoms with Crippen LogP contribution in [0.2, 0.25) is 0 Å². The molecule has 4 aromatic rings. The van der Waals surface area contributed by atoms with Crippen LogP contribution in [0.5, 0.6) is 0 Å². The summed E-state index contributed by atoms with van der Waals surface area (Å²) < 4.78 is 1.76. The van der Waals surface area contributed by atoms with E-state index in [1.807, 2.05) is 48.4 Å². The van der Waals surface area contributed by atoms with Crippen molar-refractivity contribution in [1.82, 2.24) is 24.3 Å². The summed E-state index contributed by atoms with van der Waals surface area (Å²) in [5.41, 5.74) is 3.43. The van der Waals surface area contributed by atoms with E-state index in [0.29, 0.717) is 30.3 Å². The molecule has 0 spiro atoms. The maximum absolute atomic E-state index is 13.5. The minimum absolute atomic E-state index is 0.0576. The first-order chi connectivity index (χ1) is 13.7. The number of rotatable bonds is 6. The summed E-state index contributed by atoms with van der Waals surface area (Å²) in [5, 5.41) is 0. The topological polar surface area (TPSA) is 63.4 Å². The lowest BCUT2D eigenvalue weighted by atomic mass is 10.1. The zero-order chi connectivity index (χ0) is 19.3. The molecule has 0 fully saturated rings. The Bertz CT molecular complexity index is 1080. The number of hydrogen-bond acceptors (Lipinski definition) is 4. The Morgan fingerprint density at radius 3 is 2.64 bits per heavy atom. The maximum Gasteiger partial charge on any atom is 0.273 e. The van der Waals surface area contributed by atoms with E-state index in [1.165, 1.54) is 5.56 Å². The van der Waals surface area contributed by atoms with Crippen LogP contribution < -0.4 is 0 Å². The highest BCUT2D eigenvalue weighted by Gasteiger charge is 2.23. The van der Waals surface area contributed by atoms with Crippen molar-refractivity contribution in [2.24, 2.45) is 0 Å². The van der Waals surface area contributed by atoms with Gasteiger partial charge in [-0.25, -0.2) is 9.97 Å². The second-order valence-electron chi connectivity index (χ2n) is 6.66. The highest BCUT2D eigenvalue weighted by molar-refractivity contribution is 5.94. The number of aryl methyl sites for hydroxylation is 1. The van der Waals surface area contributed by atoms with Crippen molar-refractivity contribution >= 4 is 11.7 Å². The highest BCUT2D eigenvalue weighted by Crippen LogP contribution is 2.16. The summed E-state index contributed by atoms with van der Waals surface area (Å²) in [4.78, 5) is 28.2. The summed E-state index contributed by atoms with van der Waals surface area (Å²) in [6.45, 7) is 2.94. The van der Waals surface area contributed by atoms with Gasteiger partial charge in [0.1, 0.15) is 5.69 Å². The van der Waals surface area contributed by atoms with Gasteiger partial charge in [0.05, 0.1) is 5.69 Å². The summed E-state index contributed by atoms with van der Waals surface area (Å²) in [5.74, 6) is 0.477. The van der Waals surface area contributed by atoms with Crippen LogP contribution in [0.4, 0.5) is 0 Å². The third-order valence-corrected chi connectivity index (χ3v) is 4.68. The first kappa shape index (κ1) is 17.9. The molecule has 0 aliphatic heterocycles. The molecule has 4 rings (SSSR count). The predicted octanol–water partition coefficient (Wildman–Crippen LogP) is 3.32. The molecule has 0 bridgehead atoms. The molecule has 0 atom stereocenters. The number of aromatic nitrogens is 4. The van der Waals surface area contributed by atoms with Crippen molar-refractivity contribution in [3.8, 4) is 0 Å². The van der Waals surface area contributed by atoms with Gasteiger partial charge in [0.25, 0.3) is 5.91 Å². The molecule has 140 valence electrons. The van der Waals surface area contributed by atoms with Crippen LogP contribution in [-0.2, 0) is 13.0 Å². The summed E-state index contributed by atoms with van der Waals surface area (Å²) in [6.07, 6.45) is 7.82. The fourth-order valence-electron chi connectivity index (χ4n) is 3.28. The van der Waals surface area contributed by atoms with Crippen LogP contribution in [0.3, 0.4) is 0 Å². The Hall–Kier alpha value is -3.54. The Kier molecular flexibility index (Phi) is 5.10. The number of amides is 1. The molecule has 28 heavy (non-hydrogen) atoms. The Labute approximate surface area is 163 Å². The van der Waals surface area contributed by atoms with E-state index in [-0.39, 0.29) is 5.91 Å². The largest absolute Gasteiger partial charge is 0.333 e. The molecule has 6 nitrogen and oxygen atoms in total. The fourth-order valence-corrected chi connectivity index (χ4v) is 3.28. The van der Waals surface area contributed by atoms with E-state index in [9.17, 15) is 4.79 Å². The van der Waals surface area contributed by atoms with Gasteiger partial charge < -0.3 is 4.90 Å². The molecule has 1 amide bonds. The van der Waals surface area contributed by atoms with Crippen LogP contribution in [0, 0.1) is 6.92 Å². The number of imidazole rings is 1. The average molecular weight is 371 g/mol. The lowest BCUT2D eigenvalue weighted by molar-refractivity contribution is 0.0737. The zero-order valence-corrected chi connectivity index (χ0v) is 15.7. The molecule has 0 saturated carbocycles. The Balaban J connectivity index is 1.65. The smallest absolute Gasteiger partial charge is 0.273 e. The van der Waals surface area contributed by atoms with Gasteiger partial charge in [-0.1, -0.05) is 36.4 Å². The van der Waals surface area contributed by atoms with Gasteiger partial charge in [-0.3, -0.25) is 14.2 Å². The van der Waals surface area contributed by atoms with Gasteiger partial charge in [0, 0.05) is 37.9 Å². The van der Waals surface area contributed by atoms with E-state index < -0.39 is 0 Å². The van der Waals surface area contributed by atoms with Crippen molar-refractivity contribution < 1.29 is 4.79 Å². The van der Waals surface area contributed by atoms with Crippen molar-refractivity contribution in [3.05, 3.63) is 95.8 Å². The molecule has 3 heterocycles. The van der Waals surface area contributed by atoms with Crippen LogP contribution >= 0.6 is 0 Å². The molecule has 3 aromatic heterocycles. The third kappa shape index (κ3) is 3.76. The molecule has 0 aliphatic rings. The summed E-state index contributed by atoms with van der Waals surface area (Å²) in [7, 11) is 0. The number of pyridine rings is 1. The monoisotopic (exact) mass is 371 g/mol. The first-order valence-corrected chi connectivity index (χ1v) is 9.24. The zero-order valence-electron chi connectivity index (χ0n) is 15.7. The van der Waals surface area contributed by atoms with Crippen molar-refractivity contribution in [3.63, 3.8) is 0 Å². The maximum atomic E-state index is 13.5. The molecule has 0 N–H and O–H groups in total. The average Bonchev–Trinajstić information content (AvgIpc) is 3.07. The summed E-state index contributed by atoms with van der Waals surface area (Å²) >= 11 is 0. The second kappa shape index (κ2) is 8.00. The van der Waals surface area contributed by atoms with Crippen LogP contribution in [-0.4, -0.2) is 36.7 Å². The van der Waals surface area contributed by atoms with E-state index in [4.69, 9.17) is 0 Å². The Morgan fingerprint density at radius 1 is 1.04 bits per heavy atom. The number of fused-ring (bicyclic) bond motifs is 1. The third-order valence-electron chi connectivity index (χ3n) is 4.68. The minimum Gasteiger partial charge on any atom is -0.333 e. The van der Waals surface area contributed by atoms with Gasteiger partial charge in [0.2, 0.25) is 5.78 Å². The van der Waals surface area contributed by atoms with E-state index in [0.717, 1.165) is 12.0 Å². The van der Waals surface area contributed by atoms with E-state index in [1.54, 1.807) is 29.1 Å². The molecule has 0 saturated heterocycles. The van der Waals surface area contributed by atoms with E-state index >= 15 is 0 Å². The lowest BCUT2D eigenvalue weighted by Gasteiger charge is -2.23. The van der Waals surface area contributed by atoms with Gasteiger partial charge >= 0.3 is 0 Å². The second-order valence-corrected chi connectivity index (χ2v) is 6.66. The Morgan fingerprint density at radius 2 is 1.86 bits per heavy atom. The lowest BCUT2D eigenvalue weighted by Crippen LogP contribution is -2.33. The van der Waals surface area contributed by atoms with Crippen LogP contribution in [0.25, 0.3) is 5.78 Å². The molecule has 6 heteroatoms. The molecule has 0 unspecified atom stereocenters. The SMILES string of the molecule is Cc1nc2ncccn2c1C(=O)N(CCc1ccccc1)Cc1cccnc1. The van der Waals surface area contributed by atoms with Crippen molar-refractivity contribution in [1.29, 1.82) is 0 Å².